The van der Waals surface area contributed by atoms with Gasteiger partial charge in [-0.3, -0.25) is 0 Å². The van der Waals surface area contributed by atoms with Crippen LogP contribution in [0.15, 0.2) is 18.2 Å². The first-order chi connectivity index (χ1) is 6.87. The van der Waals surface area contributed by atoms with Gasteiger partial charge in [0.25, 0.3) is 0 Å². The Morgan fingerprint density at radius 2 is 2.13 bits per heavy atom. The molecule has 0 spiro atoms. The van der Waals surface area contributed by atoms with E-state index in [1.807, 2.05) is 13.8 Å². The molecule has 1 heterocycles. The lowest BCUT2D eigenvalue weighted by Gasteiger charge is -2.08. The van der Waals surface area contributed by atoms with Gasteiger partial charge in [0.2, 0.25) is 14.9 Å². The molecule has 0 unspecified atom stereocenters. The Morgan fingerprint density at radius 3 is 2.67 bits per heavy atom. The van der Waals surface area contributed by atoms with Crippen molar-refractivity contribution in [2.75, 3.05) is 0 Å². The van der Waals surface area contributed by atoms with E-state index in [4.69, 9.17) is 15.4 Å². The van der Waals surface area contributed by atoms with Crippen molar-refractivity contribution in [3.63, 3.8) is 0 Å². The highest BCUT2D eigenvalue weighted by Crippen LogP contribution is 2.13. The van der Waals surface area contributed by atoms with Crippen LogP contribution in [-0.4, -0.2) is 19.5 Å². The summed E-state index contributed by atoms with van der Waals surface area (Å²) in [6.07, 6.45) is 0.000332. The van der Waals surface area contributed by atoms with Crippen LogP contribution in [0, 0.1) is 0 Å². The second kappa shape index (κ2) is 4.81. The van der Waals surface area contributed by atoms with Crippen LogP contribution in [0.1, 0.15) is 19.5 Å². The van der Waals surface area contributed by atoms with E-state index in [-0.39, 0.29) is 11.9 Å². The summed E-state index contributed by atoms with van der Waals surface area (Å²) in [6, 6.07) is 4.94. The second-order valence-electron chi connectivity index (χ2n) is 3.32. The van der Waals surface area contributed by atoms with Crippen molar-refractivity contribution >= 4 is 19.7 Å². The molecule has 0 atom stereocenters. The minimum absolute atomic E-state index is 0.000332. The normalized spacial score (nSPS) is 11.7. The van der Waals surface area contributed by atoms with Crippen molar-refractivity contribution in [2.24, 2.45) is 0 Å². The van der Waals surface area contributed by atoms with E-state index >= 15 is 0 Å². The summed E-state index contributed by atoms with van der Waals surface area (Å²) in [5, 5.41) is 0. The molecule has 4 nitrogen and oxygen atoms in total. The molecule has 0 aliphatic carbocycles. The maximum Gasteiger partial charge on any atom is 0.238 e. The summed E-state index contributed by atoms with van der Waals surface area (Å²) in [6.45, 7) is 3.74. The molecule has 6 heteroatoms. The monoisotopic (exact) mass is 249 g/mol. The molecule has 0 saturated heterocycles. The topological polar surface area (TPSA) is 56.3 Å². The van der Waals surface area contributed by atoms with Crippen LogP contribution in [0.5, 0.6) is 5.88 Å². The first-order valence-electron chi connectivity index (χ1n) is 4.42. The summed E-state index contributed by atoms with van der Waals surface area (Å²) in [4.78, 5) is 4.01. The molecule has 0 saturated carbocycles. The number of hydrogen-bond donors (Lipinski definition) is 0. The average molecular weight is 250 g/mol. The summed E-state index contributed by atoms with van der Waals surface area (Å²) in [5.74, 6) is 0.118. The van der Waals surface area contributed by atoms with E-state index in [1.54, 1.807) is 18.2 Å². The fraction of sp³-hybridized carbons (Fsp3) is 0.444. The van der Waals surface area contributed by atoms with E-state index in [0.29, 0.717) is 11.6 Å². The molecule has 0 aliphatic rings. The van der Waals surface area contributed by atoms with Gasteiger partial charge in [0.1, 0.15) is 5.75 Å². The molecule has 0 amide bonds. The smallest absolute Gasteiger partial charge is 0.238 e. The number of ether oxygens (including phenoxy) is 1. The molecule has 1 aromatic rings. The summed E-state index contributed by atoms with van der Waals surface area (Å²) >= 11 is 0. The average Bonchev–Trinajstić information content (AvgIpc) is 1.99. The highest BCUT2D eigenvalue weighted by atomic mass is 35.7. The highest BCUT2D eigenvalue weighted by Gasteiger charge is 2.09. The number of nitrogens with zero attached hydrogens (tertiary/aromatic N) is 1. The van der Waals surface area contributed by atoms with Gasteiger partial charge in [-0.2, -0.15) is 0 Å². The van der Waals surface area contributed by atoms with Crippen LogP contribution >= 0.6 is 10.7 Å². The number of pyridine rings is 1. The quantitative estimate of drug-likeness (QED) is 0.766. The van der Waals surface area contributed by atoms with Crippen LogP contribution in [0.4, 0.5) is 0 Å². The van der Waals surface area contributed by atoms with Crippen LogP contribution in [0.3, 0.4) is 0 Å². The van der Waals surface area contributed by atoms with Gasteiger partial charge in [0, 0.05) is 16.7 Å². The Balaban J connectivity index is 2.83. The third kappa shape index (κ3) is 4.99. The first-order valence-corrected chi connectivity index (χ1v) is 6.89. The number of aromatic nitrogens is 1. The molecule has 0 aliphatic heterocycles. The largest absolute Gasteiger partial charge is 0.475 e. The van der Waals surface area contributed by atoms with Gasteiger partial charge >= 0.3 is 0 Å². The maximum absolute atomic E-state index is 10.8. The summed E-state index contributed by atoms with van der Waals surface area (Å²) in [5.41, 5.74) is 0.378. The lowest BCUT2D eigenvalue weighted by Crippen LogP contribution is -2.08. The number of rotatable bonds is 4. The van der Waals surface area contributed by atoms with Crippen molar-refractivity contribution in [2.45, 2.75) is 25.7 Å². The van der Waals surface area contributed by atoms with E-state index in [0.717, 1.165) is 0 Å². The zero-order valence-corrected chi connectivity index (χ0v) is 10.0. The van der Waals surface area contributed by atoms with Gasteiger partial charge in [0.15, 0.2) is 0 Å². The Bertz CT molecular complexity index is 431. The predicted molar refractivity (Wildman–Crippen MR) is 58.5 cm³/mol. The lowest BCUT2D eigenvalue weighted by atomic mass is 10.4. The van der Waals surface area contributed by atoms with Crippen molar-refractivity contribution in [1.29, 1.82) is 0 Å². The standard InChI is InChI=1S/C9H12ClNO3S/c1-7(2)14-9-5-3-4-8(11-9)6-15(10,12)13/h3-5,7H,6H2,1-2H3. The van der Waals surface area contributed by atoms with E-state index in [9.17, 15) is 8.42 Å². The fourth-order valence-corrected chi connectivity index (χ4v) is 1.87. The van der Waals surface area contributed by atoms with Crippen LogP contribution in [-0.2, 0) is 14.8 Å². The van der Waals surface area contributed by atoms with Gasteiger partial charge in [0.05, 0.1) is 11.8 Å². The van der Waals surface area contributed by atoms with E-state index in [1.165, 1.54) is 0 Å². The fourth-order valence-electron chi connectivity index (χ4n) is 1.02. The second-order valence-corrected chi connectivity index (χ2v) is 6.09. The summed E-state index contributed by atoms with van der Waals surface area (Å²) in [7, 11) is 1.55. The third-order valence-corrected chi connectivity index (χ3v) is 2.43. The third-order valence-electron chi connectivity index (χ3n) is 1.46. The van der Waals surface area contributed by atoms with Crippen LogP contribution < -0.4 is 4.74 Å². The van der Waals surface area contributed by atoms with Crippen LogP contribution in [0.25, 0.3) is 0 Å². The van der Waals surface area contributed by atoms with Gasteiger partial charge in [-0.15, -0.1) is 0 Å². The molecule has 0 aromatic carbocycles. The molecule has 1 aromatic heterocycles. The van der Waals surface area contributed by atoms with E-state index in [2.05, 4.69) is 4.98 Å². The zero-order chi connectivity index (χ0) is 11.5. The van der Waals surface area contributed by atoms with Crippen molar-refractivity contribution < 1.29 is 13.2 Å². The minimum Gasteiger partial charge on any atom is -0.475 e. The highest BCUT2D eigenvalue weighted by molar-refractivity contribution is 8.13. The molecule has 0 radical (unpaired) electrons. The van der Waals surface area contributed by atoms with Gasteiger partial charge in [-0.05, 0) is 19.9 Å². The first kappa shape index (κ1) is 12.3. The van der Waals surface area contributed by atoms with Gasteiger partial charge in [-0.25, -0.2) is 13.4 Å². The molecule has 1 rings (SSSR count). The Kier molecular flexibility index (Phi) is 3.93. The minimum atomic E-state index is -3.57. The van der Waals surface area contributed by atoms with Gasteiger partial charge in [-0.1, -0.05) is 6.07 Å². The molecule has 0 fully saturated rings. The van der Waals surface area contributed by atoms with Crippen molar-refractivity contribution in [1.82, 2.24) is 4.98 Å². The molecule has 15 heavy (non-hydrogen) atoms. The van der Waals surface area contributed by atoms with E-state index < -0.39 is 9.05 Å². The maximum atomic E-state index is 10.8. The summed E-state index contributed by atoms with van der Waals surface area (Å²) < 4.78 is 27.0. The zero-order valence-electron chi connectivity index (χ0n) is 8.47. The molecule has 84 valence electrons. The Morgan fingerprint density at radius 1 is 1.47 bits per heavy atom. The number of halogens is 1. The predicted octanol–water partition coefficient (Wildman–Crippen LogP) is 1.94. The van der Waals surface area contributed by atoms with Crippen molar-refractivity contribution in [3.05, 3.63) is 23.9 Å². The SMILES string of the molecule is CC(C)Oc1cccc(CS(=O)(=O)Cl)n1. The molecular formula is C9H12ClNO3S. The molecular weight excluding hydrogens is 238 g/mol. The molecule has 0 bridgehead atoms. The molecule has 0 N–H and O–H groups in total. The number of hydrogen-bond acceptors (Lipinski definition) is 4. The van der Waals surface area contributed by atoms with Crippen LogP contribution in [0.2, 0.25) is 0 Å². The van der Waals surface area contributed by atoms with Gasteiger partial charge < -0.3 is 4.74 Å². The Hall–Kier alpha value is -0.810. The van der Waals surface area contributed by atoms with Crippen molar-refractivity contribution in [3.8, 4) is 5.88 Å². The Labute approximate surface area is 93.7 Å². The lowest BCUT2D eigenvalue weighted by molar-refractivity contribution is 0.232.